The predicted octanol–water partition coefficient (Wildman–Crippen LogP) is 2.42. The summed E-state index contributed by atoms with van der Waals surface area (Å²) >= 11 is 0.820. The quantitative estimate of drug-likeness (QED) is 0.769. The van der Waals surface area contributed by atoms with Crippen molar-refractivity contribution in [3.63, 3.8) is 0 Å². The minimum absolute atomic E-state index is 0.209. The molecule has 0 fully saturated rings. The number of esters is 1. The molecule has 1 aromatic heterocycles. The van der Waals surface area contributed by atoms with Crippen LogP contribution in [-0.4, -0.2) is 45.1 Å². The van der Waals surface area contributed by atoms with E-state index in [-0.39, 0.29) is 21.3 Å². The Hall–Kier alpha value is -1.13. The highest BCUT2D eigenvalue weighted by atomic mass is 32.2. The van der Waals surface area contributed by atoms with Crippen LogP contribution in [0.4, 0.5) is 13.2 Å². The van der Waals surface area contributed by atoms with E-state index in [0.29, 0.717) is 0 Å². The Morgan fingerprint density at radius 1 is 1.43 bits per heavy atom. The SMILES string of the molecule is CCN(CC(F)(F)F)S(=O)(=O)c1c(C)csc1C(=O)OC. The molecule has 0 saturated heterocycles. The molecule has 0 aliphatic rings. The third kappa shape index (κ3) is 3.95. The summed E-state index contributed by atoms with van der Waals surface area (Å²) in [6, 6.07) is 0. The second-order valence-electron chi connectivity index (χ2n) is 4.11. The fraction of sp³-hybridized carbons (Fsp3) is 0.545. The summed E-state index contributed by atoms with van der Waals surface area (Å²) in [4.78, 5) is 10.9. The van der Waals surface area contributed by atoms with Crippen LogP contribution in [0.5, 0.6) is 0 Å². The molecule has 5 nitrogen and oxygen atoms in total. The number of halogens is 3. The summed E-state index contributed by atoms with van der Waals surface area (Å²) < 4.78 is 67.0. The highest BCUT2D eigenvalue weighted by Crippen LogP contribution is 2.31. The van der Waals surface area contributed by atoms with Crippen molar-refractivity contribution in [2.45, 2.75) is 24.9 Å². The van der Waals surface area contributed by atoms with Crippen LogP contribution in [0.25, 0.3) is 0 Å². The Bertz CT molecular complexity index is 622. The largest absolute Gasteiger partial charge is 0.465 e. The summed E-state index contributed by atoms with van der Waals surface area (Å²) in [5.41, 5.74) is 0.209. The van der Waals surface area contributed by atoms with E-state index >= 15 is 0 Å². The first-order valence-electron chi connectivity index (χ1n) is 5.78. The number of alkyl halides is 3. The first kappa shape index (κ1) is 17.9. The minimum atomic E-state index is -4.67. The van der Waals surface area contributed by atoms with Crippen LogP contribution in [0.15, 0.2) is 10.3 Å². The van der Waals surface area contributed by atoms with Crippen LogP contribution in [0, 0.1) is 6.92 Å². The van der Waals surface area contributed by atoms with Gasteiger partial charge in [-0.05, 0) is 17.9 Å². The van der Waals surface area contributed by atoms with E-state index in [4.69, 9.17) is 0 Å². The molecule has 0 radical (unpaired) electrons. The van der Waals surface area contributed by atoms with Gasteiger partial charge in [0.1, 0.15) is 16.3 Å². The Morgan fingerprint density at radius 2 is 2.00 bits per heavy atom. The molecule has 0 amide bonds. The third-order valence-corrected chi connectivity index (χ3v) is 5.91. The van der Waals surface area contributed by atoms with E-state index < -0.39 is 33.6 Å². The summed E-state index contributed by atoms with van der Waals surface area (Å²) in [5, 5.41) is 1.39. The number of methoxy groups -OCH3 is 1. The zero-order chi connectivity index (χ0) is 16.4. The smallest absolute Gasteiger partial charge is 0.402 e. The van der Waals surface area contributed by atoms with Gasteiger partial charge in [-0.2, -0.15) is 17.5 Å². The van der Waals surface area contributed by atoms with Crippen molar-refractivity contribution in [1.82, 2.24) is 4.31 Å². The number of hydrogen-bond donors (Lipinski definition) is 0. The van der Waals surface area contributed by atoms with Gasteiger partial charge in [-0.15, -0.1) is 11.3 Å². The highest BCUT2D eigenvalue weighted by molar-refractivity contribution is 7.89. The maximum Gasteiger partial charge on any atom is 0.402 e. The maximum atomic E-state index is 12.5. The standard InChI is InChI=1S/C11H14F3NO4S2/c1-4-15(6-11(12,13)14)21(17,18)9-7(2)5-20-8(9)10(16)19-3/h5H,4,6H2,1-3H3. The van der Waals surface area contributed by atoms with Crippen molar-refractivity contribution in [2.24, 2.45) is 0 Å². The van der Waals surface area contributed by atoms with Gasteiger partial charge in [0, 0.05) is 6.54 Å². The van der Waals surface area contributed by atoms with Gasteiger partial charge in [0.05, 0.1) is 7.11 Å². The van der Waals surface area contributed by atoms with Crippen LogP contribution < -0.4 is 0 Å². The molecule has 0 N–H and O–H groups in total. The molecule has 0 aliphatic heterocycles. The molecule has 0 unspecified atom stereocenters. The molecule has 0 aliphatic carbocycles. The molecular formula is C11H14F3NO4S2. The van der Waals surface area contributed by atoms with E-state index in [0.717, 1.165) is 18.4 Å². The lowest BCUT2D eigenvalue weighted by Gasteiger charge is -2.22. The van der Waals surface area contributed by atoms with Crippen LogP contribution in [0.1, 0.15) is 22.2 Å². The highest BCUT2D eigenvalue weighted by Gasteiger charge is 2.39. The van der Waals surface area contributed by atoms with Gasteiger partial charge < -0.3 is 4.74 Å². The van der Waals surface area contributed by atoms with Crippen molar-refractivity contribution in [2.75, 3.05) is 20.2 Å². The normalized spacial score (nSPS) is 12.7. The van der Waals surface area contributed by atoms with Gasteiger partial charge in [-0.3, -0.25) is 0 Å². The number of hydrogen-bond acceptors (Lipinski definition) is 5. The molecule has 0 aromatic carbocycles. The zero-order valence-electron chi connectivity index (χ0n) is 11.5. The maximum absolute atomic E-state index is 12.5. The fourth-order valence-corrected chi connectivity index (χ4v) is 4.78. The third-order valence-electron chi connectivity index (χ3n) is 2.59. The summed E-state index contributed by atoms with van der Waals surface area (Å²) in [5.74, 6) is -0.894. The average Bonchev–Trinajstić information content (AvgIpc) is 2.76. The van der Waals surface area contributed by atoms with Gasteiger partial charge in [0.25, 0.3) is 0 Å². The lowest BCUT2D eigenvalue weighted by atomic mass is 10.3. The van der Waals surface area contributed by atoms with Crippen molar-refractivity contribution < 1.29 is 31.1 Å². The van der Waals surface area contributed by atoms with E-state index in [2.05, 4.69) is 4.74 Å². The Balaban J connectivity index is 3.36. The number of aryl methyl sites for hydroxylation is 1. The van der Waals surface area contributed by atoms with Crippen LogP contribution in [0.2, 0.25) is 0 Å². The van der Waals surface area contributed by atoms with E-state index in [1.54, 1.807) is 0 Å². The summed E-state index contributed by atoms with van der Waals surface area (Å²) in [7, 11) is -3.36. The van der Waals surface area contributed by atoms with Crippen LogP contribution >= 0.6 is 11.3 Å². The predicted molar refractivity (Wildman–Crippen MR) is 70.9 cm³/mol. The molecule has 21 heavy (non-hydrogen) atoms. The molecule has 1 rings (SSSR count). The van der Waals surface area contributed by atoms with Gasteiger partial charge in [0.2, 0.25) is 10.0 Å². The number of carbonyl (C=O) groups is 1. The van der Waals surface area contributed by atoms with Crippen LogP contribution in [0.3, 0.4) is 0 Å². The monoisotopic (exact) mass is 345 g/mol. The average molecular weight is 345 g/mol. The molecule has 0 atom stereocenters. The fourth-order valence-electron chi connectivity index (χ4n) is 1.68. The van der Waals surface area contributed by atoms with Crippen molar-refractivity contribution in [3.05, 3.63) is 15.8 Å². The van der Waals surface area contributed by atoms with Crippen molar-refractivity contribution in [3.8, 4) is 0 Å². The van der Waals surface area contributed by atoms with Gasteiger partial charge in [0.15, 0.2) is 0 Å². The molecule has 0 bridgehead atoms. The molecule has 10 heteroatoms. The molecule has 1 aromatic rings. The number of carbonyl (C=O) groups excluding carboxylic acids is 1. The molecule has 120 valence electrons. The van der Waals surface area contributed by atoms with Gasteiger partial charge in [-0.25, -0.2) is 13.2 Å². The lowest BCUT2D eigenvalue weighted by molar-refractivity contribution is -0.135. The zero-order valence-corrected chi connectivity index (χ0v) is 13.2. The van der Waals surface area contributed by atoms with Gasteiger partial charge in [-0.1, -0.05) is 6.92 Å². The molecular weight excluding hydrogens is 331 g/mol. The number of nitrogens with zero attached hydrogens (tertiary/aromatic N) is 1. The first-order valence-corrected chi connectivity index (χ1v) is 8.09. The topological polar surface area (TPSA) is 63.7 Å². The first-order chi connectivity index (χ1) is 9.54. The number of sulfonamides is 1. The summed E-state index contributed by atoms with van der Waals surface area (Å²) in [6.45, 7) is 0.736. The van der Waals surface area contributed by atoms with E-state index in [1.807, 2.05) is 0 Å². The van der Waals surface area contributed by atoms with E-state index in [1.165, 1.54) is 19.2 Å². The second-order valence-corrected chi connectivity index (χ2v) is 6.87. The Morgan fingerprint density at radius 3 is 2.43 bits per heavy atom. The molecule has 1 heterocycles. The number of rotatable bonds is 5. The van der Waals surface area contributed by atoms with Crippen LogP contribution in [-0.2, 0) is 14.8 Å². The molecule has 0 saturated carbocycles. The second kappa shape index (κ2) is 6.32. The van der Waals surface area contributed by atoms with Crippen molar-refractivity contribution >= 4 is 27.3 Å². The summed E-state index contributed by atoms with van der Waals surface area (Å²) in [6.07, 6.45) is -4.67. The number of thiophene rings is 1. The molecule has 0 spiro atoms. The number of ether oxygens (including phenoxy) is 1. The minimum Gasteiger partial charge on any atom is -0.465 e. The lowest BCUT2D eigenvalue weighted by Crippen LogP contribution is -2.39. The van der Waals surface area contributed by atoms with E-state index in [9.17, 15) is 26.4 Å². The van der Waals surface area contributed by atoms with Gasteiger partial charge >= 0.3 is 12.1 Å². The Kier molecular flexibility index (Phi) is 5.40. The Labute approximate surface area is 124 Å². The van der Waals surface area contributed by atoms with Crippen molar-refractivity contribution in [1.29, 1.82) is 0 Å².